The molecule has 0 radical (unpaired) electrons. The molecule has 0 spiro atoms. The summed E-state index contributed by atoms with van der Waals surface area (Å²) in [5.74, 6) is 1.35. The van der Waals surface area contributed by atoms with Crippen LogP contribution in [-0.2, 0) is 0 Å². The highest BCUT2D eigenvalue weighted by Gasteiger charge is 2.37. The van der Waals surface area contributed by atoms with E-state index in [-0.39, 0.29) is 18.9 Å². The van der Waals surface area contributed by atoms with Gasteiger partial charge in [-0.15, -0.1) is 0 Å². The molecule has 6 nitrogen and oxygen atoms in total. The van der Waals surface area contributed by atoms with E-state index in [1.165, 1.54) is 24.2 Å². The monoisotopic (exact) mass is 401 g/mol. The number of hydrogen-bond donors (Lipinski definition) is 1. The van der Waals surface area contributed by atoms with Gasteiger partial charge in [-0.1, -0.05) is 12.1 Å². The van der Waals surface area contributed by atoms with Crippen LogP contribution in [0.4, 0.5) is 11.4 Å². The molecular weight excluding hydrogens is 378 g/mol. The third-order valence-corrected chi connectivity index (χ3v) is 6.29. The number of amides is 1. The molecule has 0 bridgehead atoms. The number of benzene rings is 2. The third-order valence-electron chi connectivity index (χ3n) is 6.29. The van der Waals surface area contributed by atoms with Gasteiger partial charge in [0.1, 0.15) is 6.17 Å². The topological polar surface area (TPSA) is 55.7 Å². The molecule has 6 heteroatoms. The highest BCUT2D eigenvalue weighted by Crippen LogP contribution is 2.44. The summed E-state index contributed by atoms with van der Waals surface area (Å²) in [4.78, 5) is 15.5. The Hall–Kier alpha value is -3.41. The molecule has 1 aliphatic carbocycles. The van der Waals surface area contributed by atoms with Crippen LogP contribution in [-0.4, -0.2) is 17.3 Å². The number of hydrogen-bond acceptors (Lipinski definition) is 4. The molecule has 1 saturated carbocycles. The van der Waals surface area contributed by atoms with Crippen LogP contribution in [0.1, 0.15) is 52.4 Å². The Kier molecular flexibility index (Phi) is 3.66. The summed E-state index contributed by atoms with van der Waals surface area (Å²) in [7, 11) is 0. The van der Waals surface area contributed by atoms with Crippen LogP contribution in [0.15, 0.2) is 48.5 Å². The van der Waals surface area contributed by atoms with E-state index in [1.54, 1.807) is 0 Å². The zero-order valence-corrected chi connectivity index (χ0v) is 17.0. The summed E-state index contributed by atoms with van der Waals surface area (Å²) in [6.45, 7) is 4.52. The van der Waals surface area contributed by atoms with Crippen molar-refractivity contribution in [2.75, 3.05) is 17.0 Å². The molecule has 1 fully saturated rings. The fourth-order valence-corrected chi connectivity index (χ4v) is 4.75. The Bertz CT molecular complexity index is 1180. The molecule has 30 heavy (non-hydrogen) atoms. The molecule has 152 valence electrons. The molecule has 3 aliphatic rings. The highest BCUT2D eigenvalue weighted by molar-refractivity contribution is 6.12. The van der Waals surface area contributed by atoms with E-state index < -0.39 is 0 Å². The minimum atomic E-state index is -0.300. The minimum absolute atomic E-state index is 0.0237. The Balaban J connectivity index is 1.51. The molecule has 2 aliphatic heterocycles. The van der Waals surface area contributed by atoms with Gasteiger partial charge in [0, 0.05) is 34.7 Å². The summed E-state index contributed by atoms with van der Waals surface area (Å²) in [6, 6.07) is 16.2. The van der Waals surface area contributed by atoms with Gasteiger partial charge < -0.3 is 19.4 Å². The van der Waals surface area contributed by atoms with E-state index in [4.69, 9.17) is 9.47 Å². The number of carbonyl (C=O) groups excluding carboxylic acids is 1. The third kappa shape index (κ3) is 2.53. The first-order valence-corrected chi connectivity index (χ1v) is 10.4. The Morgan fingerprint density at radius 1 is 1.00 bits per heavy atom. The van der Waals surface area contributed by atoms with Crippen LogP contribution >= 0.6 is 0 Å². The molecule has 2 aromatic carbocycles. The Labute approximate surface area is 175 Å². The van der Waals surface area contributed by atoms with Crippen LogP contribution in [0.3, 0.4) is 0 Å². The normalized spacial score (nSPS) is 19.6. The van der Waals surface area contributed by atoms with Gasteiger partial charge in [0.15, 0.2) is 11.5 Å². The average molecular weight is 401 g/mol. The summed E-state index contributed by atoms with van der Waals surface area (Å²) in [6.07, 6.45) is 2.15. The van der Waals surface area contributed by atoms with Gasteiger partial charge in [0.2, 0.25) is 6.79 Å². The van der Waals surface area contributed by atoms with Crippen molar-refractivity contribution in [3.63, 3.8) is 0 Å². The first kappa shape index (κ1) is 17.4. The standard InChI is InChI=1S/C24H23N3O3/c1-14-11-19(15(2)26(14)16-7-8-16)23-25-20-6-4-3-5-18(20)24(28)27(23)17-9-10-21-22(12-17)30-13-29-21/h3-6,9-12,16,23,25H,7-8,13H2,1-2H3/t23-/m1/s1. The van der Waals surface area contributed by atoms with Crippen molar-refractivity contribution in [1.82, 2.24) is 4.57 Å². The number of carbonyl (C=O) groups is 1. The van der Waals surface area contributed by atoms with Gasteiger partial charge in [-0.25, -0.2) is 0 Å². The molecule has 3 aromatic rings. The van der Waals surface area contributed by atoms with E-state index in [0.717, 1.165) is 16.9 Å². The number of ether oxygens (including phenoxy) is 2. The number of fused-ring (bicyclic) bond motifs is 2. The lowest BCUT2D eigenvalue weighted by atomic mass is 10.0. The van der Waals surface area contributed by atoms with Crippen molar-refractivity contribution < 1.29 is 14.3 Å². The number of nitrogens with zero attached hydrogens (tertiary/aromatic N) is 2. The first-order chi connectivity index (χ1) is 14.6. The average Bonchev–Trinajstić information content (AvgIpc) is 3.38. The van der Waals surface area contributed by atoms with Gasteiger partial charge in [-0.2, -0.15) is 0 Å². The second kappa shape index (κ2) is 6.29. The Morgan fingerprint density at radius 3 is 2.63 bits per heavy atom. The smallest absolute Gasteiger partial charge is 0.262 e. The summed E-state index contributed by atoms with van der Waals surface area (Å²) >= 11 is 0. The Morgan fingerprint density at radius 2 is 1.80 bits per heavy atom. The van der Waals surface area contributed by atoms with Crippen molar-refractivity contribution in [3.8, 4) is 11.5 Å². The van der Waals surface area contributed by atoms with Gasteiger partial charge in [0.25, 0.3) is 5.91 Å². The predicted molar refractivity (Wildman–Crippen MR) is 114 cm³/mol. The maximum Gasteiger partial charge on any atom is 0.262 e. The first-order valence-electron chi connectivity index (χ1n) is 10.4. The second-order valence-electron chi connectivity index (χ2n) is 8.23. The fourth-order valence-electron chi connectivity index (χ4n) is 4.75. The number of para-hydroxylation sites is 1. The minimum Gasteiger partial charge on any atom is -0.454 e. The molecule has 1 atom stereocenters. The molecular formula is C24H23N3O3. The quantitative estimate of drug-likeness (QED) is 0.675. The van der Waals surface area contributed by atoms with Crippen LogP contribution in [0.5, 0.6) is 11.5 Å². The number of aromatic nitrogens is 1. The van der Waals surface area contributed by atoms with Crippen molar-refractivity contribution in [2.45, 2.75) is 38.9 Å². The van der Waals surface area contributed by atoms with Crippen molar-refractivity contribution in [2.24, 2.45) is 0 Å². The highest BCUT2D eigenvalue weighted by atomic mass is 16.7. The predicted octanol–water partition coefficient (Wildman–Crippen LogP) is 4.94. The maximum atomic E-state index is 13.7. The van der Waals surface area contributed by atoms with Gasteiger partial charge >= 0.3 is 0 Å². The summed E-state index contributed by atoms with van der Waals surface area (Å²) in [5, 5.41) is 3.62. The molecule has 6 rings (SSSR count). The van der Waals surface area contributed by atoms with Crippen molar-refractivity contribution in [1.29, 1.82) is 0 Å². The molecule has 1 amide bonds. The van der Waals surface area contributed by atoms with Gasteiger partial charge in [-0.3, -0.25) is 9.69 Å². The fraction of sp³-hybridized carbons (Fsp3) is 0.292. The second-order valence-corrected chi connectivity index (χ2v) is 8.23. The van der Waals surface area contributed by atoms with Crippen molar-refractivity contribution >= 4 is 17.3 Å². The molecule has 1 N–H and O–H groups in total. The summed E-state index contributed by atoms with van der Waals surface area (Å²) in [5.41, 5.74) is 5.89. The number of nitrogens with one attached hydrogen (secondary N) is 1. The van der Waals surface area contributed by atoms with Crippen LogP contribution in [0, 0.1) is 13.8 Å². The van der Waals surface area contributed by atoms with Crippen LogP contribution < -0.4 is 19.7 Å². The van der Waals surface area contributed by atoms with E-state index in [9.17, 15) is 4.79 Å². The SMILES string of the molecule is Cc1cc([C@@H]2Nc3ccccc3C(=O)N2c2ccc3c(c2)OCO3)c(C)n1C1CC1. The zero-order valence-electron chi connectivity index (χ0n) is 17.0. The molecule has 3 heterocycles. The molecule has 1 aromatic heterocycles. The van der Waals surface area contributed by atoms with E-state index in [1.807, 2.05) is 47.4 Å². The molecule has 0 saturated heterocycles. The lowest BCUT2D eigenvalue weighted by Crippen LogP contribution is -2.43. The molecule has 0 unspecified atom stereocenters. The number of anilines is 2. The van der Waals surface area contributed by atoms with Gasteiger partial charge in [0.05, 0.1) is 11.3 Å². The largest absolute Gasteiger partial charge is 0.454 e. The summed E-state index contributed by atoms with van der Waals surface area (Å²) < 4.78 is 13.5. The maximum absolute atomic E-state index is 13.7. The van der Waals surface area contributed by atoms with Gasteiger partial charge in [-0.05, 0) is 57.0 Å². The number of rotatable bonds is 3. The van der Waals surface area contributed by atoms with E-state index in [2.05, 4.69) is 29.8 Å². The lowest BCUT2D eigenvalue weighted by Gasteiger charge is -2.38. The van der Waals surface area contributed by atoms with Crippen molar-refractivity contribution in [3.05, 3.63) is 71.0 Å². The van der Waals surface area contributed by atoms with Crippen LogP contribution in [0.25, 0.3) is 0 Å². The van der Waals surface area contributed by atoms with Crippen LogP contribution in [0.2, 0.25) is 0 Å². The zero-order chi connectivity index (χ0) is 20.4. The number of aryl methyl sites for hydroxylation is 1. The lowest BCUT2D eigenvalue weighted by molar-refractivity contribution is 0.0975. The van der Waals surface area contributed by atoms with E-state index in [0.29, 0.717) is 23.1 Å². The van der Waals surface area contributed by atoms with E-state index >= 15 is 0 Å².